The Bertz CT molecular complexity index is 592. The van der Waals surface area contributed by atoms with E-state index in [1.54, 1.807) is 0 Å². The van der Waals surface area contributed by atoms with Crippen LogP contribution in [0.4, 0.5) is 5.69 Å². The van der Waals surface area contributed by atoms with Crippen LogP contribution >= 0.6 is 11.8 Å². The number of hydrogen-bond acceptors (Lipinski definition) is 4. The number of para-hydroxylation sites is 1. The summed E-state index contributed by atoms with van der Waals surface area (Å²) in [6.07, 6.45) is 5.07. The van der Waals surface area contributed by atoms with Gasteiger partial charge in [-0.15, -0.1) is 0 Å². The molecule has 0 spiro atoms. The van der Waals surface area contributed by atoms with Crippen LogP contribution in [0.5, 0.6) is 0 Å². The van der Waals surface area contributed by atoms with Crippen molar-refractivity contribution in [1.82, 2.24) is 15.5 Å². The Hall–Kier alpha value is -1.40. The van der Waals surface area contributed by atoms with E-state index >= 15 is 0 Å². The average Bonchev–Trinajstić information content (AvgIpc) is 3.18. The molecule has 0 aromatic heterocycles. The highest BCUT2D eigenvalue weighted by Gasteiger charge is 2.29. The molecule has 1 unspecified atom stereocenters. The van der Waals surface area contributed by atoms with Crippen molar-refractivity contribution < 1.29 is 0 Å². The maximum atomic E-state index is 4.37. The molecule has 28 heavy (non-hydrogen) atoms. The molecule has 0 bridgehead atoms. The third-order valence-corrected chi connectivity index (χ3v) is 7.38. The van der Waals surface area contributed by atoms with E-state index in [4.69, 9.17) is 0 Å². The van der Waals surface area contributed by atoms with Crippen LogP contribution in [0.15, 0.2) is 35.3 Å². The highest BCUT2D eigenvalue weighted by Crippen LogP contribution is 2.36. The molecular weight excluding hydrogens is 366 g/mol. The lowest BCUT2D eigenvalue weighted by Crippen LogP contribution is -2.46. The van der Waals surface area contributed by atoms with E-state index in [0.717, 1.165) is 32.1 Å². The quantitative estimate of drug-likeness (QED) is 0.397. The fraction of sp³-hybridized carbons (Fsp3) is 0.682. The Kier molecular flexibility index (Phi) is 8.34. The molecule has 0 saturated carbocycles. The number of nitrogens with zero attached hydrogens (tertiary/aromatic N) is 3. The van der Waals surface area contributed by atoms with E-state index in [1.165, 1.54) is 56.8 Å². The Morgan fingerprint density at radius 2 is 1.89 bits per heavy atom. The second-order valence-electron chi connectivity index (χ2n) is 8.13. The van der Waals surface area contributed by atoms with Gasteiger partial charge < -0.3 is 15.5 Å². The molecule has 2 fully saturated rings. The van der Waals surface area contributed by atoms with Gasteiger partial charge in [0, 0.05) is 56.8 Å². The maximum absolute atomic E-state index is 4.37. The molecule has 0 aliphatic carbocycles. The van der Waals surface area contributed by atoms with E-state index in [2.05, 4.69) is 74.4 Å². The van der Waals surface area contributed by atoms with Gasteiger partial charge in [-0.2, -0.15) is 11.8 Å². The summed E-state index contributed by atoms with van der Waals surface area (Å²) in [6, 6.07) is 10.8. The fourth-order valence-electron chi connectivity index (χ4n) is 4.00. The number of anilines is 1. The number of thioether (sulfide) groups is 1. The van der Waals surface area contributed by atoms with Crippen LogP contribution in [0, 0.1) is 0 Å². The lowest BCUT2D eigenvalue weighted by Gasteiger charge is -2.36. The van der Waals surface area contributed by atoms with Gasteiger partial charge in [-0.25, -0.2) is 0 Å². The van der Waals surface area contributed by atoms with Gasteiger partial charge in [-0.1, -0.05) is 18.2 Å². The number of hydrogen-bond donors (Lipinski definition) is 2. The average molecular weight is 404 g/mol. The molecule has 1 aromatic carbocycles. The molecule has 0 radical (unpaired) electrons. The van der Waals surface area contributed by atoms with Crippen molar-refractivity contribution in [3.8, 4) is 0 Å². The maximum Gasteiger partial charge on any atom is 0.191 e. The van der Waals surface area contributed by atoms with Crippen LogP contribution in [0.25, 0.3) is 0 Å². The standard InChI is InChI=1S/C22H37N5S/c1-22(11-8-18-28-22)19-25-21(23-2)24-12-6-7-13-26-14-16-27(17-15-26)20-9-4-3-5-10-20/h3-5,9-10H,6-8,11-19H2,1-2H3,(H2,23,24,25). The normalized spacial score (nSPS) is 23.8. The van der Waals surface area contributed by atoms with E-state index in [0.29, 0.717) is 4.75 Å². The number of nitrogens with one attached hydrogen (secondary N) is 2. The predicted molar refractivity (Wildman–Crippen MR) is 124 cm³/mol. The molecular formula is C22H37N5S. The van der Waals surface area contributed by atoms with Gasteiger partial charge in [-0.3, -0.25) is 9.89 Å². The largest absolute Gasteiger partial charge is 0.369 e. The van der Waals surface area contributed by atoms with Gasteiger partial charge in [0.15, 0.2) is 5.96 Å². The summed E-state index contributed by atoms with van der Waals surface area (Å²) in [5, 5.41) is 6.99. The lowest BCUT2D eigenvalue weighted by atomic mass is 10.1. The zero-order valence-electron chi connectivity index (χ0n) is 17.6. The molecule has 5 nitrogen and oxygen atoms in total. The van der Waals surface area contributed by atoms with Crippen LogP contribution in [0.3, 0.4) is 0 Å². The van der Waals surface area contributed by atoms with Gasteiger partial charge in [0.05, 0.1) is 0 Å². The fourth-order valence-corrected chi connectivity index (χ4v) is 5.25. The molecule has 6 heteroatoms. The van der Waals surface area contributed by atoms with Gasteiger partial charge in [0.1, 0.15) is 0 Å². The Morgan fingerprint density at radius 3 is 2.57 bits per heavy atom. The van der Waals surface area contributed by atoms with Crippen molar-refractivity contribution in [2.45, 2.75) is 37.4 Å². The predicted octanol–water partition coefficient (Wildman–Crippen LogP) is 3.04. The highest BCUT2D eigenvalue weighted by atomic mass is 32.2. The van der Waals surface area contributed by atoms with Gasteiger partial charge in [0.2, 0.25) is 0 Å². The number of benzene rings is 1. The van der Waals surface area contributed by atoms with Crippen LogP contribution in [0.1, 0.15) is 32.6 Å². The summed E-state index contributed by atoms with van der Waals surface area (Å²) in [5.74, 6) is 2.24. The smallest absolute Gasteiger partial charge is 0.191 e. The van der Waals surface area contributed by atoms with E-state index in [-0.39, 0.29) is 0 Å². The third-order valence-electron chi connectivity index (χ3n) is 5.84. The summed E-state index contributed by atoms with van der Waals surface area (Å²) < 4.78 is 0.375. The summed E-state index contributed by atoms with van der Waals surface area (Å²) in [5.41, 5.74) is 1.36. The van der Waals surface area contributed by atoms with Crippen molar-refractivity contribution in [2.75, 3.05) is 63.5 Å². The summed E-state index contributed by atoms with van der Waals surface area (Å²) in [7, 11) is 1.87. The first-order valence-corrected chi connectivity index (χ1v) is 11.8. The molecule has 2 saturated heterocycles. The molecule has 2 aliphatic heterocycles. The number of aliphatic imine (C=N–C) groups is 1. The second-order valence-corrected chi connectivity index (χ2v) is 9.81. The first kappa shape index (κ1) is 21.3. The molecule has 1 aromatic rings. The lowest BCUT2D eigenvalue weighted by molar-refractivity contribution is 0.253. The Balaban J connectivity index is 1.25. The van der Waals surface area contributed by atoms with Gasteiger partial charge >= 0.3 is 0 Å². The third kappa shape index (κ3) is 6.59. The minimum absolute atomic E-state index is 0.375. The number of piperazine rings is 1. The molecule has 156 valence electrons. The highest BCUT2D eigenvalue weighted by molar-refractivity contribution is 8.00. The van der Waals surface area contributed by atoms with Gasteiger partial charge in [-0.05, 0) is 57.0 Å². The number of unbranched alkanes of at least 4 members (excludes halogenated alkanes) is 1. The Labute approximate surface area is 175 Å². The topological polar surface area (TPSA) is 42.9 Å². The molecule has 0 amide bonds. The summed E-state index contributed by atoms with van der Waals surface area (Å²) in [4.78, 5) is 9.47. The Morgan fingerprint density at radius 1 is 1.11 bits per heavy atom. The van der Waals surface area contributed by atoms with Crippen molar-refractivity contribution >= 4 is 23.4 Å². The van der Waals surface area contributed by atoms with Crippen LogP contribution in [-0.2, 0) is 0 Å². The number of rotatable bonds is 8. The van der Waals surface area contributed by atoms with E-state index < -0.39 is 0 Å². The minimum atomic E-state index is 0.375. The first-order valence-electron chi connectivity index (χ1n) is 10.8. The molecule has 1 atom stereocenters. The molecule has 3 rings (SSSR count). The van der Waals surface area contributed by atoms with Crippen molar-refractivity contribution in [1.29, 1.82) is 0 Å². The van der Waals surface area contributed by atoms with Crippen LogP contribution < -0.4 is 15.5 Å². The van der Waals surface area contributed by atoms with Crippen molar-refractivity contribution in [3.63, 3.8) is 0 Å². The van der Waals surface area contributed by atoms with Crippen LogP contribution in [-0.4, -0.2) is 74.2 Å². The summed E-state index contributed by atoms with van der Waals surface area (Å²) >= 11 is 2.09. The second kappa shape index (κ2) is 11.0. The van der Waals surface area contributed by atoms with E-state index in [1.807, 2.05) is 7.05 Å². The van der Waals surface area contributed by atoms with Gasteiger partial charge in [0.25, 0.3) is 0 Å². The van der Waals surface area contributed by atoms with Crippen LogP contribution in [0.2, 0.25) is 0 Å². The monoisotopic (exact) mass is 403 g/mol. The molecule has 2 heterocycles. The molecule has 2 aliphatic rings. The zero-order chi connectivity index (χ0) is 19.7. The minimum Gasteiger partial charge on any atom is -0.369 e. The zero-order valence-corrected chi connectivity index (χ0v) is 18.4. The van der Waals surface area contributed by atoms with E-state index in [9.17, 15) is 0 Å². The SMILES string of the molecule is CN=C(NCCCCN1CCN(c2ccccc2)CC1)NCC1(C)CCCS1. The van der Waals surface area contributed by atoms with Crippen molar-refractivity contribution in [3.05, 3.63) is 30.3 Å². The molecule has 2 N–H and O–H groups in total. The first-order chi connectivity index (χ1) is 13.7. The summed E-state index contributed by atoms with van der Waals surface area (Å²) in [6.45, 7) is 10.2. The number of guanidine groups is 1. The van der Waals surface area contributed by atoms with Crippen molar-refractivity contribution in [2.24, 2.45) is 4.99 Å².